The Labute approximate surface area is 258 Å². The summed E-state index contributed by atoms with van der Waals surface area (Å²) < 4.78 is 43.5. The molecule has 0 radical (unpaired) electrons. The van der Waals surface area contributed by atoms with Crippen molar-refractivity contribution in [3.05, 3.63) is 72.6 Å². The summed E-state index contributed by atoms with van der Waals surface area (Å²) in [6, 6.07) is 13.5. The molecular weight excluding hydrogens is 593 g/mol. The lowest BCUT2D eigenvalue weighted by Crippen LogP contribution is -2.57. The first-order valence-electron chi connectivity index (χ1n) is 13.9. The van der Waals surface area contributed by atoms with Gasteiger partial charge in [-0.25, -0.2) is 14.6 Å². The van der Waals surface area contributed by atoms with Crippen LogP contribution in [0.4, 0.5) is 51.2 Å². The van der Waals surface area contributed by atoms with E-state index in [0.717, 1.165) is 18.3 Å². The molecule has 4 rings (SSSR count). The number of ether oxygens (including phenoxy) is 1. The van der Waals surface area contributed by atoms with E-state index < -0.39 is 47.6 Å². The van der Waals surface area contributed by atoms with Gasteiger partial charge in [-0.3, -0.25) is 9.69 Å². The highest BCUT2D eigenvalue weighted by atomic mass is 19.4. The fourth-order valence-electron chi connectivity index (χ4n) is 4.21. The van der Waals surface area contributed by atoms with Crippen LogP contribution >= 0.6 is 0 Å². The topological polar surface area (TPSA) is 191 Å². The first kappa shape index (κ1) is 34.3. The Balaban J connectivity index is 0.000000598. The maximum Gasteiger partial charge on any atom is 0.433 e. The molecule has 2 atom stereocenters. The summed E-state index contributed by atoms with van der Waals surface area (Å²) >= 11 is 0. The summed E-state index contributed by atoms with van der Waals surface area (Å²) in [7, 11) is 0. The molecule has 0 saturated carbocycles. The number of benzene rings is 2. The quantitative estimate of drug-likeness (QED) is 0.216. The Hall–Kier alpha value is -5.21. The van der Waals surface area contributed by atoms with E-state index in [-0.39, 0.29) is 18.7 Å². The zero-order chi connectivity index (χ0) is 33.4. The van der Waals surface area contributed by atoms with Crippen LogP contribution < -0.4 is 33.2 Å². The molecule has 45 heavy (non-hydrogen) atoms. The minimum atomic E-state index is -4.59. The number of halogens is 3. The van der Waals surface area contributed by atoms with E-state index in [1.165, 1.54) is 4.90 Å². The number of nitrogen functional groups attached to an aromatic ring is 3. The maximum absolute atomic E-state index is 13.2. The van der Waals surface area contributed by atoms with Crippen LogP contribution in [0.1, 0.15) is 39.3 Å². The van der Waals surface area contributed by atoms with Gasteiger partial charge in [-0.2, -0.15) is 13.2 Å². The van der Waals surface area contributed by atoms with E-state index in [9.17, 15) is 27.6 Å². The van der Waals surface area contributed by atoms with E-state index >= 15 is 0 Å². The number of nitrogens with two attached hydrogens (primary N) is 3. The number of aromatic nitrogens is 1. The van der Waals surface area contributed by atoms with Crippen molar-refractivity contribution in [3.8, 4) is 0 Å². The lowest BCUT2D eigenvalue weighted by molar-refractivity contribution is -0.141. The fourth-order valence-corrected chi connectivity index (χ4v) is 4.21. The first-order chi connectivity index (χ1) is 21.0. The highest BCUT2D eigenvalue weighted by molar-refractivity contribution is 5.99. The number of rotatable bonds is 4. The number of alkyl halides is 3. The molecule has 15 heteroatoms. The molecule has 1 aliphatic heterocycles. The van der Waals surface area contributed by atoms with Crippen LogP contribution in [0.15, 0.2) is 66.9 Å². The molecule has 9 N–H and O–H groups in total. The van der Waals surface area contributed by atoms with Gasteiger partial charge in [0.1, 0.15) is 17.3 Å². The largest absolute Gasteiger partial charge is 0.444 e. The van der Waals surface area contributed by atoms with Crippen molar-refractivity contribution in [1.29, 1.82) is 0 Å². The number of piperidine rings is 1. The van der Waals surface area contributed by atoms with E-state index in [4.69, 9.17) is 21.9 Å². The first-order valence-corrected chi connectivity index (χ1v) is 13.9. The molecule has 2 heterocycles. The Morgan fingerprint density at radius 1 is 0.889 bits per heavy atom. The Bertz CT molecular complexity index is 1460. The van der Waals surface area contributed by atoms with Crippen LogP contribution in [-0.4, -0.2) is 52.1 Å². The zero-order valence-electron chi connectivity index (χ0n) is 25.0. The number of hydrogen-bond donors (Lipinski definition) is 6. The number of carbonyl (C=O) groups is 3. The normalized spacial score (nSPS) is 16.4. The highest BCUT2D eigenvalue weighted by Gasteiger charge is 2.39. The number of amides is 4. The van der Waals surface area contributed by atoms with Gasteiger partial charge in [0.25, 0.3) is 0 Å². The summed E-state index contributed by atoms with van der Waals surface area (Å²) in [5.41, 5.74) is 16.9. The highest BCUT2D eigenvalue weighted by Crippen LogP contribution is 2.28. The Kier molecular flexibility index (Phi) is 11.1. The molecular formula is C30H37F3N8O4. The van der Waals surface area contributed by atoms with E-state index in [1.807, 2.05) is 12.1 Å². The molecule has 0 spiro atoms. The van der Waals surface area contributed by atoms with Gasteiger partial charge in [0.15, 0.2) is 0 Å². The summed E-state index contributed by atoms with van der Waals surface area (Å²) in [6.07, 6.45) is -3.99. The van der Waals surface area contributed by atoms with Crippen molar-refractivity contribution in [3.63, 3.8) is 0 Å². The third-order valence-electron chi connectivity index (χ3n) is 6.39. The van der Waals surface area contributed by atoms with Crippen molar-refractivity contribution < 1.29 is 32.3 Å². The minimum absolute atomic E-state index is 0.0607. The number of likely N-dealkylation sites (tertiary alicyclic amines) is 1. The molecule has 2 unspecified atom stereocenters. The molecule has 1 aromatic heterocycles. The standard InChI is InChI=1S/C24H29F3N6O4.C6H8N2/c1-23(2,3)37-22(36)33-11-10-14(12-18(33)20(34)32-17-7-5-4-6-16(17)28)30-21(35)31-15-8-9-19(29-13-15)24(25,26)27;7-5-3-1-2-4-6(5)8/h4-9,13-14,18H,10-12,28H2,1-3H3,(H,32,34)(H2,30,31,35);1-4H,7-8H2. The van der Waals surface area contributed by atoms with Crippen LogP contribution in [0.3, 0.4) is 0 Å². The maximum atomic E-state index is 13.2. The smallest absolute Gasteiger partial charge is 0.433 e. The lowest BCUT2D eigenvalue weighted by Gasteiger charge is -2.39. The molecule has 2 aromatic carbocycles. The second-order valence-electron chi connectivity index (χ2n) is 11.1. The average Bonchev–Trinajstić information content (AvgIpc) is 2.95. The van der Waals surface area contributed by atoms with E-state index in [0.29, 0.717) is 29.2 Å². The van der Waals surface area contributed by atoms with Crippen LogP contribution in [-0.2, 0) is 15.7 Å². The van der Waals surface area contributed by atoms with Gasteiger partial charge in [0.2, 0.25) is 5.91 Å². The summed E-state index contributed by atoms with van der Waals surface area (Å²) in [4.78, 5) is 43.1. The van der Waals surface area contributed by atoms with Crippen LogP contribution in [0.2, 0.25) is 0 Å². The van der Waals surface area contributed by atoms with Gasteiger partial charge < -0.3 is 37.9 Å². The molecule has 0 aliphatic carbocycles. The van der Waals surface area contributed by atoms with Gasteiger partial charge in [-0.15, -0.1) is 0 Å². The third-order valence-corrected chi connectivity index (χ3v) is 6.39. The molecule has 0 bridgehead atoms. The monoisotopic (exact) mass is 630 g/mol. The molecule has 3 aromatic rings. The van der Waals surface area contributed by atoms with Gasteiger partial charge >= 0.3 is 18.3 Å². The predicted octanol–water partition coefficient (Wildman–Crippen LogP) is 5.06. The molecule has 1 saturated heterocycles. The van der Waals surface area contributed by atoms with Gasteiger partial charge in [0, 0.05) is 12.6 Å². The lowest BCUT2D eigenvalue weighted by atomic mass is 9.96. The van der Waals surface area contributed by atoms with Crippen molar-refractivity contribution in [1.82, 2.24) is 15.2 Å². The molecule has 12 nitrogen and oxygen atoms in total. The fraction of sp³-hybridized carbons (Fsp3) is 0.333. The molecule has 1 aliphatic rings. The van der Waals surface area contributed by atoms with Crippen LogP contribution in [0, 0.1) is 0 Å². The van der Waals surface area contributed by atoms with E-state index in [1.54, 1.807) is 57.2 Å². The van der Waals surface area contributed by atoms with Crippen molar-refractivity contribution in [2.24, 2.45) is 0 Å². The Morgan fingerprint density at radius 3 is 2.00 bits per heavy atom. The number of carbonyl (C=O) groups excluding carboxylic acids is 3. The number of para-hydroxylation sites is 4. The second kappa shape index (κ2) is 14.5. The van der Waals surface area contributed by atoms with Gasteiger partial charge in [0.05, 0.1) is 34.6 Å². The SMILES string of the molecule is CC(C)(C)OC(=O)N1CCC(NC(=O)Nc2ccc(C(F)(F)F)nc2)CC1C(=O)Nc1ccccc1N.Nc1ccccc1N. The number of urea groups is 1. The van der Waals surface area contributed by atoms with Crippen LogP contribution in [0.5, 0.6) is 0 Å². The second-order valence-corrected chi connectivity index (χ2v) is 11.1. The zero-order valence-corrected chi connectivity index (χ0v) is 25.0. The third kappa shape index (κ3) is 10.5. The van der Waals surface area contributed by atoms with E-state index in [2.05, 4.69) is 20.9 Å². The summed E-state index contributed by atoms with van der Waals surface area (Å²) in [5, 5.41) is 7.84. The number of nitrogens with one attached hydrogen (secondary N) is 3. The number of anilines is 5. The minimum Gasteiger partial charge on any atom is -0.444 e. The molecule has 1 fully saturated rings. The molecule has 4 amide bonds. The number of nitrogens with zero attached hydrogens (tertiary/aromatic N) is 2. The Morgan fingerprint density at radius 2 is 1.49 bits per heavy atom. The van der Waals surface area contributed by atoms with Gasteiger partial charge in [-0.1, -0.05) is 24.3 Å². The number of hydrogen-bond acceptors (Lipinski definition) is 8. The predicted molar refractivity (Wildman–Crippen MR) is 166 cm³/mol. The van der Waals surface area contributed by atoms with Crippen molar-refractivity contribution in [2.45, 2.75) is 57.5 Å². The van der Waals surface area contributed by atoms with Crippen LogP contribution in [0.25, 0.3) is 0 Å². The average molecular weight is 631 g/mol. The molecule has 242 valence electrons. The summed E-state index contributed by atoms with van der Waals surface area (Å²) in [5.74, 6) is -0.511. The van der Waals surface area contributed by atoms with Crippen molar-refractivity contribution >= 4 is 46.5 Å². The summed E-state index contributed by atoms with van der Waals surface area (Å²) in [6.45, 7) is 5.24. The van der Waals surface area contributed by atoms with Crippen molar-refractivity contribution in [2.75, 3.05) is 34.4 Å². The number of pyridine rings is 1. The van der Waals surface area contributed by atoms with Gasteiger partial charge in [-0.05, 0) is 70.0 Å².